The van der Waals surface area contributed by atoms with Gasteiger partial charge in [0.15, 0.2) is 0 Å². The molecule has 1 saturated heterocycles. The Hall–Kier alpha value is -2.70. The predicted octanol–water partition coefficient (Wildman–Crippen LogP) is 1.63. The van der Waals surface area contributed by atoms with Crippen LogP contribution in [0.15, 0.2) is 29.3 Å². The Kier molecular flexibility index (Phi) is 3.76. The van der Waals surface area contributed by atoms with Crippen LogP contribution in [0.25, 0.3) is 0 Å². The van der Waals surface area contributed by atoms with E-state index < -0.39 is 0 Å². The Morgan fingerprint density at radius 1 is 1.08 bits per heavy atom. The Morgan fingerprint density at radius 3 is 2.58 bits per heavy atom. The number of hydrogen-bond donors (Lipinski definition) is 2. The third-order valence-electron chi connectivity index (χ3n) is 4.70. The molecular weight excluding hydrogens is 306 g/mol. The van der Waals surface area contributed by atoms with E-state index in [4.69, 9.17) is 0 Å². The third kappa shape index (κ3) is 2.66. The van der Waals surface area contributed by atoms with Crippen molar-refractivity contribution in [3.8, 4) is 0 Å². The summed E-state index contributed by atoms with van der Waals surface area (Å²) in [4.78, 5) is 38.4. The first-order valence-corrected chi connectivity index (χ1v) is 8.31. The number of aromatic nitrogens is 3. The molecule has 7 nitrogen and oxygen atoms in total. The largest absolute Gasteiger partial charge is 0.342 e. The van der Waals surface area contributed by atoms with Crippen molar-refractivity contribution < 1.29 is 4.79 Å². The van der Waals surface area contributed by atoms with Crippen molar-refractivity contribution >= 4 is 17.7 Å². The third-order valence-corrected chi connectivity index (χ3v) is 4.70. The van der Waals surface area contributed by atoms with Gasteiger partial charge >= 0.3 is 0 Å². The minimum absolute atomic E-state index is 0.119. The van der Waals surface area contributed by atoms with Gasteiger partial charge in [-0.2, -0.15) is 4.98 Å². The maximum absolute atomic E-state index is 12.7. The smallest absolute Gasteiger partial charge is 0.258 e. The number of pyridine rings is 1. The molecule has 2 N–H and O–H groups in total. The predicted molar refractivity (Wildman–Crippen MR) is 90.2 cm³/mol. The Balaban J connectivity index is 1.78. The molecule has 2 aromatic heterocycles. The number of piperidine rings is 1. The average molecular weight is 325 g/mol. The molecule has 0 unspecified atom stereocenters. The van der Waals surface area contributed by atoms with E-state index >= 15 is 0 Å². The first-order valence-electron chi connectivity index (χ1n) is 8.31. The molecule has 2 aliphatic rings. The lowest BCUT2D eigenvalue weighted by Gasteiger charge is -2.29. The summed E-state index contributed by atoms with van der Waals surface area (Å²) in [6, 6.07) is 3.68. The van der Waals surface area contributed by atoms with Gasteiger partial charge in [0.1, 0.15) is 5.82 Å². The van der Waals surface area contributed by atoms with Crippen molar-refractivity contribution in [1.29, 1.82) is 0 Å². The number of carbonyl (C=O) groups is 1. The van der Waals surface area contributed by atoms with Gasteiger partial charge in [-0.3, -0.25) is 19.6 Å². The first-order chi connectivity index (χ1) is 11.7. The van der Waals surface area contributed by atoms with Gasteiger partial charge in [-0.25, -0.2) is 0 Å². The highest BCUT2D eigenvalue weighted by atomic mass is 16.2. The summed E-state index contributed by atoms with van der Waals surface area (Å²) >= 11 is 0. The van der Waals surface area contributed by atoms with Crippen molar-refractivity contribution in [3.63, 3.8) is 0 Å². The fraction of sp³-hybridized carbons (Fsp3) is 0.412. The number of aromatic amines is 1. The van der Waals surface area contributed by atoms with Crippen LogP contribution in [-0.4, -0.2) is 33.9 Å². The van der Waals surface area contributed by atoms with Gasteiger partial charge in [-0.15, -0.1) is 0 Å². The van der Waals surface area contributed by atoms with E-state index in [1.54, 1.807) is 12.4 Å². The van der Waals surface area contributed by atoms with Crippen LogP contribution in [0.4, 0.5) is 11.8 Å². The van der Waals surface area contributed by atoms with Crippen molar-refractivity contribution in [3.05, 3.63) is 46.0 Å². The Morgan fingerprint density at radius 2 is 1.83 bits per heavy atom. The number of nitrogens with zero attached hydrogens (tertiary/aromatic N) is 3. The second-order valence-electron chi connectivity index (χ2n) is 6.28. The zero-order chi connectivity index (χ0) is 16.5. The summed E-state index contributed by atoms with van der Waals surface area (Å²) in [5, 5.41) is 2.77. The van der Waals surface area contributed by atoms with E-state index in [0.29, 0.717) is 17.3 Å². The van der Waals surface area contributed by atoms with Crippen molar-refractivity contribution in [2.45, 2.75) is 31.6 Å². The van der Waals surface area contributed by atoms with Gasteiger partial charge < -0.3 is 10.2 Å². The minimum Gasteiger partial charge on any atom is -0.342 e. The van der Waals surface area contributed by atoms with E-state index in [1.807, 2.05) is 12.1 Å². The van der Waals surface area contributed by atoms with E-state index in [1.165, 1.54) is 6.42 Å². The number of rotatable bonds is 2. The van der Waals surface area contributed by atoms with Gasteiger partial charge in [-0.1, -0.05) is 0 Å². The summed E-state index contributed by atoms with van der Waals surface area (Å²) < 4.78 is 0. The topological polar surface area (TPSA) is 91.0 Å². The average Bonchev–Trinajstić information content (AvgIpc) is 2.62. The molecule has 7 heteroatoms. The summed E-state index contributed by atoms with van der Waals surface area (Å²) in [6.45, 7) is 1.76. The van der Waals surface area contributed by atoms with Crippen LogP contribution in [-0.2, 0) is 4.79 Å². The van der Waals surface area contributed by atoms with Crippen molar-refractivity contribution in [1.82, 2.24) is 15.0 Å². The molecule has 0 radical (unpaired) electrons. The summed E-state index contributed by atoms with van der Waals surface area (Å²) in [5.74, 6) is 0.530. The Bertz CT molecular complexity index is 811. The highest BCUT2D eigenvalue weighted by molar-refractivity contribution is 5.94. The van der Waals surface area contributed by atoms with Gasteiger partial charge in [0.25, 0.3) is 5.56 Å². The number of nitrogens with one attached hydrogen (secondary N) is 2. The highest BCUT2D eigenvalue weighted by Gasteiger charge is 2.31. The van der Waals surface area contributed by atoms with Crippen LogP contribution in [0, 0.1) is 0 Å². The molecule has 1 amide bonds. The maximum Gasteiger partial charge on any atom is 0.258 e. The number of amides is 1. The lowest BCUT2D eigenvalue weighted by molar-refractivity contribution is -0.116. The van der Waals surface area contributed by atoms with Crippen LogP contribution in [0.1, 0.15) is 42.7 Å². The molecule has 0 aliphatic carbocycles. The molecule has 2 aromatic rings. The monoisotopic (exact) mass is 325 g/mol. The molecule has 1 fully saturated rings. The van der Waals surface area contributed by atoms with Crippen molar-refractivity contribution in [2.24, 2.45) is 0 Å². The molecule has 124 valence electrons. The van der Waals surface area contributed by atoms with Crippen molar-refractivity contribution in [2.75, 3.05) is 23.3 Å². The standard InChI is InChI=1S/C17H19N5O2/c23-13-10-12(11-4-6-18-7-5-11)14-15(19-13)20-17(21-16(14)24)22-8-2-1-3-9-22/h4-7,12H,1-3,8-10H2,(H2,19,20,21,23,24)/t12-/m0/s1. The fourth-order valence-corrected chi connectivity index (χ4v) is 3.50. The lowest BCUT2D eigenvalue weighted by Crippen LogP contribution is -2.36. The fourth-order valence-electron chi connectivity index (χ4n) is 3.50. The number of carbonyl (C=O) groups excluding carboxylic acids is 1. The number of fused-ring (bicyclic) bond motifs is 1. The molecule has 1 atom stereocenters. The lowest BCUT2D eigenvalue weighted by atomic mass is 9.87. The molecule has 0 spiro atoms. The van der Waals surface area contributed by atoms with Crippen LogP contribution in [0.5, 0.6) is 0 Å². The Labute approximate surface area is 139 Å². The molecule has 24 heavy (non-hydrogen) atoms. The number of anilines is 2. The summed E-state index contributed by atoms with van der Waals surface area (Å²) in [5.41, 5.74) is 1.25. The second-order valence-corrected chi connectivity index (χ2v) is 6.28. The number of H-pyrrole nitrogens is 1. The molecule has 0 saturated carbocycles. The second kappa shape index (κ2) is 6.07. The SMILES string of the molecule is O=C1C[C@@H](c2ccncc2)c2c(nc(N3CCCCC3)[nH]c2=O)N1. The van der Waals surface area contributed by atoms with Gasteiger partial charge in [0, 0.05) is 37.8 Å². The normalized spacial score (nSPS) is 20.4. The summed E-state index contributed by atoms with van der Waals surface area (Å²) in [6.07, 6.45) is 6.97. The van der Waals surface area contributed by atoms with Crippen LogP contribution < -0.4 is 15.8 Å². The molecule has 2 aliphatic heterocycles. The van der Waals surface area contributed by atoms with E-state index in [2.05, 4.69) is 25.2 Å². The van der Waals surface area contributed by atoms with E-state index in [9.17, 15) is 9.59 Å². The molecule has 4 heterocycles. The number of hydrogen-bond acceptors (Lipinski definition) is 5. The van der Waals surface area contributed by atoms with Crippen LogP contribution >= 0.6 is 0 Å². The zero-order valence-electron chi connectivity index (χ0n) is 13.3. The first kappa shape index (κ1) is 14.9. The van der Waals surface area contributed by atoms with Crippen LogP contribution in [0.2, 0.25) is 0 Å². The molecule has 0 bridgehead atoms. The minimum atomic E-state index is -0.289. The molecule has 0 aromatic carbocycles. The highest BCUT2D eigenvalue weighted by Crippen LogP contribution is 2.34. The molecular formula is C17H19N5O2. The van der Waals surface area contributed by atoms with Gasteiger partial charge in [0.05, 0.1) is 5.56 Å². The maximum atomic E-state index is 12.7. The van der Waals surface area contributed by atoms with Gasteiger partial charge in [-0.05, 0) is 37.0 Å². The van der Waals surface area contributed by atoms with Crippen LogP contribution in [0.3, 0.4) is 0 Å². The quantitative estimate of drug-likeness (QED) is 0.876. The zero-order valence-corrected chi connectivity index (χ0v) is 13.3. The van der Waals surface area contributed by atoms with Gasteiger partial charge in [0.2, 0.25) is 11.9 Å². The van der Waals surface area contributed by atoms with E-state index in [0.717, 1.165) is 31.5 Å². The van der Waals surface area contributed by atoms with E-state index in [-0.39, 0.29) is 23.8 Å². The molecule has 4 rings (SSSR count). The summed E-state index contributed by atoms with van der Waals surface area (Å²) in [7, 11) is 0.